The van der Waals surface area contributed by atoms with Gasteiger partial charge in [0.2, 0.25) is 0 Å². The molecule has 1 spiro atoms. The lowest BCUT2D eigenvalue weighted by atomic mass is 9.89. The average molecular weight is 668 g/mol. The van der Waals surface area contributed by atoms with Gasteiger partial charge in [-0.2, -0.15) is 0 Å². The van der Waals surface area contributed by atoms with E-state index in [0.29, 0.717) is 66.6 Å². The first-order chi connectivity index (χ1) is 22.2. The summed E-state index contributed by atoms with van der Waals surface area (Å²) in [4.78, 5) is 36.2. The van der Waals surface area contributed by atoms with Gasteiger partial charge in [0, 0.05) is 49.6 Å². The summed E-state index contributed by atoms with van der Waals surface area (Å²) in [6.07, 6.45) is 3.68. The molecule has 3 aliphatic rings. The number of likely N-dealkylation sites (tertiary alicyclic amines) is 1. The summed E-state index contributed by atoms with van der Waals surface area (Å²) in [5.74, 6) is 0.243. The van der Waals surface area contributed by atoms with Gasteiger partial charge in [0.15, 0.2) is 0 Å². The maximum Gasteiger partial charge on any atom is 0.305 e. The van der Waals surface area contributed by atoms with E-state index in [1.54, 1.807) is 29.5 Å². The molecule has 1 unspecified atom stereocenters. The Kier molecular flexibility index (Phi) is 8.96. The van der Waals surface area contributed by atoms with Gasteiger partial charge >= 0.3 is 4.87 Å². The van der Waals surface area contributed by atoms with Crippen LogP contribution in [0.2, 0.25) is 0 Å². The number of morpholine rings is 1. The third-order valence-electron chi connectivity index (χ3n) is 9.27. The zero-order chi connectivity index (χ0) is 31.8. The largest absolute Gasteiger partial charge is 0.506 e. The molecule has 7 rings (SSSR count). The van der Waals surface area contributed by atoms with Crippen molar-refractivity contribution in [3.63, 3.8) is 0 Å². The number of ether oxygens (including phenoxy) is 1. The summed E-state index contributed by atoms with van der Waals surface area (Å²) < 4.78 is 21.5. The molecule has 46 heavy (non-hydrogen) atoms. The van der Waals surface area contributed by atoms with Gasteiger partial charge in [-0.1, -0.05) is 23.5 Å². The van der Waals surface area contributed by atoms with Gasteiger partial charge in [0.05, 0.1) is 34.6 Å². The second kappa shape index (κ2) is 13.1. The van der Waals surface area contributed by atoms with Crippen LogP contribution in [0.25, 0.3) is 10.2 Å². The third kappa shape index (κ3) is 6.90. The highest BCUT2D eigenvalue weighted by Crippen LogP contribution is 2.41. The molecular weight excluding hydrogens is 630 g/mol. The lowest BCUT2D eigenvalue weighted by Gasteiger charge is -2.47. The van der Waals surface area contributed by atoms with Crippen LogP contribution in [0.1, 0.15) is 69.9 Å². The van der Waals surface area contributed by atoms with E-state index in [1.165, 1.54) is 18.9 Å². The molecule has 0 radical (unpaired) electrons. The number of hydrogen-bond acceptors (Lipinski definition) is 10. The fourth-order valence-corrected chi connectivity index (χ4v) is 8.48. The Hall–Kier alpha value is -3.20. The molecule has 10 nitrogen and oxygen atoms in total. The number of nitrogens with one attached hydrogen (secondary N) is 2. The van der Waals surface area contributed by atoms with Crippen LogP contribution in [0.4, 0.5) is 4.39 Å². The van der Waals surface area contributed by atoms with E-state index in [9.17, 15) is 24.2 Å². The van der Waals surface area contributed by atoms with Crippen LogP contribution in [0.5, 0.6) is 5.75 Å². The number of phenols is 1. The average Bonchev–Trinajstić information content (AvgIpc) is 3.63. The number of aromatic amines is 1. The molecule has 3 fully saturated rings. The fourth-order valence-electron chi connectivity index (χ4n) is 6.60. The molecule has 2 aliphatic heterocycles. The molecule has 13 heteroatoms. The molecule has 2 saturated heterocycles. The van der Waals surface area contributed by atoms with E-state index < -0.39 is 6.10 Å². The number of thiazole rings is 2. The first-order valence-corrected chi connectivity index (χ1v) is 17.6. The zero-order valence-electron chi connectivity index (χ0n) is 25.5. The predicted molar refractivity (Wildman–Crippen MR) is 175 cm³/mol. The minimum absolute atomic E-state index is 0.00111. The van der Waals surface area contributed by atoms with Crippen LogP contribution in [-0.2, 0) is 17.7 Å². The van der Waals surface area contributed by atoms with Crippen molar-refractivity contribution in [1.82, 2.24) is 25.1 Å². The molecule has 2 aromatic carbocycles. The number of nitrogens with zero attached hydrogens (tertiary/aromatic N) is 3. The number of carbonyl (C=O) groups excluding carboxylic acids is 1. The highest BCUT2D eigenvalue weighted by atomic mass is 32.1. The van der Waals surface area contributed by atoms with Crippen molar-refractivity contribution in [2.75, 3.05) is 45.9 Å². The SMILES string of the molecule is O=C(c1csc(C2CC2)n1)N1CCOC2(CCN(Cc3cc(F)cc(CCNCC(O)c4ccc(O)c5[nH]c(=O)sc45)c3)CC2)C1. The van der Waals surface area contributed by atoms with Crippen molar-refractivity contribution in [1.29, 1.82) is 0 Å². The second-order valence-corrected chi connectivity index (χ2v) is 14.6. The number of aliphatic hydroxyl groups excluding tert-OH is 1. The number of benzene rings is 2. The number of piperidine rings is 1. The number of phenolic OH excluding ortho intramolecular Hbond substituents is 1. The molecule has 1 amide bonds. The quantitative estimate of drug-likeness (QED) is 0.186. The first-order valence-electron chi connectivity index (χ1n) is 15.9. The van der Waals surface area contributed by atoms with Gasteiger partial charge in [-0.15, -0.1) is 11.3 Å². The monoisotopic (exact) mass is 667 g/mol. The standard InChI is InChI=1S/C33H38FN5O5S2/c34-23-14-20(5-8-35-16-27(41)24-3-4-26(40)28-29(24)46-32(43)37-28)13-21(15-23)17-38-9-6-33(7-10-38)19-39(11-12-44-33)31(42)25-18-45-30(36-25)22-1-2-22/h3-4,13-15,18,22,27,35,40-41H,1-2,5-12,16-17,19H2,(H,37,43). The number of amides is 1. The molecule has 1 saturated carbocycles. The third-order valence-corrected chi connectivity index (χ3v) is 11.2. The van der Waals surface area contributed by atoms with Crippen molar-refractivity contribution in [2.45, 2.75) is 56.3 Å². The van der Waals surface area contributed by atoms with E-state index in [2.05, 4.69) is 20.2 Å². The minimum atomic E-state index is -0.870. The smallest absolute Gasteiger partial charge is 0.305 e. The molecule has 4 N–H and O–H groups in total. The molecule has 0 bridgehead atoms. The Bertz CT molecular complexity index is 1780. The highest BCUT2D eigenvalue weighted by Gasteiger charge is 2.41. The summed E-state index contributed by atoms with van der Waals surface area (Å²) in [5, 5.41) is 27.0. The Morgan fingerprint density at radius 1 is 1.20 bits per heavy atom. The van der Waals surface area contributed by atoms with Crippen LogP contribution in [0, 0.1) is 5.82 Å². The highest BCUT2D eigenvalue weighted by molar-refractivity contribution is 7.16. The molecule has 1 atom stereocenters. The predicted octanol–water partition coefficient (Wildman–Crippen LogP) is 4.14. The molecule has 1 aliphatic carbocycles. The fraction of sp³-hybridized carbons (Fsp3) is 0.485. The van der Waals surface area contributed by atoms with Crippen LogP contribution in [0.3, 0.4) is 0 Å². The first kappa shape index (κ1) is 31.4. The number of halogens is 1. The lowest BCUT2D eigenvalue weighted by Crippen LogP contribution is -2.58. The Balaban J connectivity index is 0.894. The topological polar surface area (TPSA) is 131 Å². The summed E-state index contributed by atoms with van der Waals surface area (Å²) in [5.41, 5.74) is 2.90. The van der Waals surface area contributed by atoms with E-state index >= 15 is 0 Å². The minimum Gasteiger partial charge on any atom is -0.506 e. The van der Waals surface area contributed by atoms with Crippen LogP contribution in [-0.4, -0.2) is 87.4 Å². The molecule has 4 aromatic rings. The van der Waals surface area contributed by atoms with Crippen molar-refractivity contribution < 1.29 is 24.1 Å². The van der Waals surface area contributed by atoms with E-state index in [-0.39, 0.29) is 34.5 Å². The number of H-pyrrole nitrogens is 1. The summed E-state index contributed by atoms with van der Waals surface area (Å²) in [6.45, 7) is 4.70. The number of hydrogen-bond donors (Lipinski definition) is 4. The molecule has 4 heterocycles. The van der Waals surface area contributed by atoms with Crippen molar-refractivity contribution >= 4 is 38.8 Å². The number of rotatable bonds is 10. The normalized spacial score (nSPS) is 19.2. The molecular formula is C33H38FN5O5S2. The Labute approximate surface area is 273 Å². The summed E-state index contributed by atoms with van der Waals surface area (Å²) in [6, 6.07) is 8.26. The summed E-state index contributed by atoms with van der Waals surface area (Å²) >= 11 is 2.55. The van der Waals surface area contributed by atoms with E-state index in [4.69, 9.17) is 4.74 Å². The molecule has 244 valence electrons. The zero-order valence-corrected chi connectivity index (χ0v) is 27.1. The summed E-state index contributed by atoms with van der Waals surface area (Å²) in [7, 11) is 0. The number of fused-ring (bicyclic) bond motifs is 1. The molecule has 2 aromatic heterocycles. The lowest BCUT2D eigenvalue weighted by molar-refractivity contribution is -0.128. The second-order valence-electron chi connectivity index (χ2n) is 12.7. The number of carbonyl (C=O) groups is 1. The Morgan fingerprint density at radius 3 is 2.80 bits per heavy atom. The Morgan fingerprint density at radius 2 is 2.00 bits per heavy atom. The van der Waals surface area contributed by atoms with Crippen molar-refractivity contribution in [3.8, 4) is 5.75 Å². The number of aromatic hydroxyl groups is 1. The van der Waals surface area contributed by atoms with E-state index in [1.807, 2.05) is 16.3 Å². The van der Waals surface area contributed by atoms with Gasteiger partial charge < -0.3 is 30.2 Å². The van der Waals surface area contributed by atoms with Gasteiger partial charge in [0.25, 0.3) is 5.91 Å². The number of aromatic nitrogens is 2. The van der Waals surface area contributed by atoms with Crippen LogP contribution >= 0.6 is 22.7 Å². The maximum atomic E-state index is 14.6. The van der Waals surface area contributed by atoms with Crippen molar-refractivity contribution in [2.24, 2.45) is 0 Å². The van der Waals surface area contributed by atoms with E-state index in [0.717, 1.165) is 53.4 Å². The maximum absolute atomic E-state index is 14.6. The van der Waals surface area contributed by atoms with Crippen LogP contribution in [0.15, 0.2) is 40.5 Å². The van der Waals surface area contributed by atoms with Crippen molar-refractivity contribution in [3.05, 3.63) is 78.6 Å². The number of aliphatic hydroxyl groups is 1. The van der Waals surface area contributed by atoms with Gasteiger partial charge in [-0.3, -0.25) is 14.5 Å². The van der Waals surface area contributed by atoms with Gasteiger partial charge in [0.1, 0.15) is 22.8 Å². The van der Waals surface area contributed by atoms with Gasteiger partial charge in [-0.05, 0) is 68.0 Å². The van der Waals surface area contributed by atoms with Crippen LogP contribution < -0.4 is 10.2 Å². The van der Waals surface area contributed by atoms with Gasteiger partial charge in [-0.25, -0.2) is 9.37 Å².